The first-order valence-corrected chi connectivity index (χ1v) is 6.99. The lowest BCUT2D eigenvalue weighted by Gasteiger charge is -2.13. The Morgan fingerprint density at radius 3 is 2.62 bits per heavy atom. The molecule has 0 radical (unpaired) electrons. The van der Waals surface area contributed by atoms with Crippen molar-refractivity contribution in [2.24, 2.45) is 0 Å². The summed E-state index contributed by atoms with van der Waals surface area (Å²) in [5, 5.41) is 0. The molecule has 21 heavy (non-hydrogen) atoms. The minimum atomic E-state index is 0.630. The molecule has 0 aliphatic carbocycles. The molecule has 5 heteroatoms. The van der Waals surface area contributed by atoms with Crippen LogP contribution in [0.5, 0.6) is 11.5 Å². The molecule has 3 aromatic rings. The number of nitrogens with zero attached hydrogens (tertiary/aromatic N) is 1. The Labute approximate surface area is 127 Å². The molecule has 4 nitrogen and oxygen atoms in total. The van der Waals surface area contributed by atoms with Gasteiger partial charge in [-0.25, -0.2) is 0 Å². The molecule has 1 N–H and O–H groups in total. The Hall–Kier alpha value is -2.27. The van der Waals surface area contributed by atoms with E-state index in [0.717, 1.165) is 33.8 Å². The molecule has 0 spiro atoms. The number of aromatic nitrogens is 2. The summed E-state index contributed by atoms with van der Waals surface area (Å²) in [7, 11) is 3.29. The maximum atomic E-state index is 5.49. The van der Waals surface area contributed by atoms with Crippen molar-refractivity contribution in [3.63, 3.8) is 0 Å². The third kappa shape index (κ3) is 2.19. The molecule has 1 heterocycles. The normalized spacial score (nSPS) is 10.8. The van der Waals surface area contributed by atoms with Crippen molar-refractivity contribution in [3.05, 3.63) is 46.7 Å². The number of benzene rings is 2. The zero-order valence-corrected chi connectivity index (χ0v) is 13.0. The van der Waals surface area contributed by atoms with Crippen molar-refractivity contribution < 1.29 is 9.47 Å². The minimum absolute atomic E-state index is 0.630. The highest BCUT2D eigenvalue weighted by molar-refractivity contribution is 7.71. The molecule has 0 aliphatic rings. The van der Waals surface area contributed by atoms with E-state index >= 15 is 0 Å². The van der Waals surface area contributed by atoms with Gasteiger partial charge in [0.25, 0.3) is 0 Å². The van der Waals surface area contributed by atoms with Crippen LogP contribution < -0.4 is 9.47 Å². The van der Waals surface area contributed by atoms with E-state index in [1.54, 1.807) is 14.2 Å². The van der Waals surface area contributed by atoms with Gasteiger partial charge < -0.3 is 14.5 Å². The van der Waals surface area contributed by atoms with E-state index in [2.05, 4.69) is 18.0 Å². The number of nitrogens with one attached hydrogen (secondary N) is 1. The summed E-state index contributed by atoms with van der Waals surface area (Å²) < 4.78 is 13.4. The van der Waals surface area contributed by atoms with Crippen LogP contribution in [0.1, 0.15) is 5.56 Å². The number of hydrogen-bond acceptors (Lipinski definition) is 3. The Morgan fingerprint density at radius 1 is 1.10 bits per heavy atom. The molecule has 0 aliphatic heterocycles. The topological polar surface area (TPSA) is 39.2 Å². The van der Waals surface area contributed by atoms with E-state index in [4.69, 9.17) is 21.7 Å². The van der Waals surface area contributed by atoms with Crippen molar-refractivity contribution in [3.8, 4) is 17.2 Å². The summed E-state index contributed by atoms with van der Waals surface area (Å²) >= 11 is 5.49. The molecule has 0 unspecified atom stereocenters. The summed E-state index contributed by atoms with van der Waals surface area (Å²) in [6, 6.07) is 11.8. The Morgan fingerprint density at radius 2 is 1.90 bits per heavy atom. The third-order valence-corrected chi connectivity index (χ3v) is 3.82. The van der Waals surface area contributed by atoms with E-state index in [0.29, 0.717) is 4.77 Å². The largest absolute Gasteiger partial charge is 0.497 e. The number of para-hydroxylation sites is 1. The second-order valence-electron chi connectivity index (χ2n) is 4.77. The van der Waals surface area contributed by atoms with Gasteiger partial charge in [-0.05, 0) is 42.9 Å². The second kappa shape index (κ2) is 5.26. The first kappa shape index (κ1) is 13.7. The van der Waals surface area contributed by atoms with E-state index in [1.165, 1.54) is 0 Å². The monoisotopic (exact) mass is 300 g/mol. The summed E-state index contributed by atoms with van der Waals surface area (Å²) in [4.78, 5) is 3.24. The van der Waals surface area contributed by atoms with Gasteiger partial charge in [0.2, 0.25) is 0 Å². The SMILES string of the molecule is COc1ccc(OC)c(-n2c(=S)[nH]c3cccc(C)c32)c1. The Bertz CT molecular complexity index is 864. The molecule has 108 valence electrons. The van der Waals surface area contributed by atoms with Gasteiger partial charge in [0.1, 0.15) is 11.5 Å². The van der Waals surface area contributed by atoms with Crippen LogP contribution >= 0.6 is 12.2 Å². The van der Waals surface area contributed by atoms with Crippen molar-refractivity contribution in [2.75, 3.05) is 14.2 Å². The Balaban J connectivity index is 2.40. The van der Waals surface area contributed by atoms with Crippen LogP contribution in [0.3, 0.4) is 0 Å². The fraction of sp³-hybridized carbons (Fsp3) is 0.188. The second-order valence-corrected chi connectivity index (χ2v) is 5.16. The molecule has 2 aromatic carbocycles. The van der Waals surface area contributed by atoms with Crippen LogP contribution in [0.2, 0.25) is 0 Å². The maximum Gasteiger partial charge on any atom is 0.182 e. The van der Waals surface area contributed by atoms with Crippen LogP contribution in [-0.4, -0.2) is 23.8 Å². The number of ether oxygens (including phenoxy) is 2. The standard InChI is InChI=1S/C16H16N2O2S/c1-10-5-4-6-12-15(10)18(16(21)17-12)13-9-11(19-2)7-8-14(13)20-3/h4-9H,1-3H3,(H,17,21). The third-order valence-electron chi connectivity index (χ3n) is 3.53. The first-order valence-electron chi connectivity index (χ1n) is 6.58. The molecule has 0 saturated carbocycles. The molecule has 1 aromatic heterocycles. The van der Waals surface area contributed by atoms with Gasteiger partial charge in [-0.1, -0.05) is 12.1 Å². The number of H-pyrrole nitrogens is 1. The summed E-state index contributed by atoms with van der Waals surface area (Å²) in [5.74, 6) is 1.51. The van der Waals surface area contributed by atoms with Gasteiger partial charge >= 0.3 is 0 Å². The molecule has 3 rings (SSSR count). The summed E-state index contributed by atoms with van der Waals surface area (Å²) in [6.07, 6.45) is 0. The average molecular weight is 300 g/mol. The van der Waals surface area contributed by atoms with E-state index < -0.39 is 0 Å². The maximum absolute atomic E-state index is 5.49. The number of aryl methyl sites for hydroxylation is 1. The van der Waals surface area contributed by atoms with Crippen LogP contribution in [-0.2, 0) is 0 Å². The van der Waals surface area contributed by atoms with Crippen molar-refractivity contribution in [1.82, 2.24) is 9.55 Å². The molecular weight excluding hydrogens is 284 g/mol. The number of fused-ring (bicyclic) bond motifs is 1. The lowest BCUT2D eigenvalue weighted by atomic mass is 10.2. The van der Waals surface area contributed by atoms with Gasteiger partial charge in [-0.3, -0.25) is 4.57 Å². The molecule has 0 saturated heterocycles. The van der Waals surface area contributed by atoms with Crippen molar-refractivity contribution >= 4 is 23.3 Å². The number of imidazole rings is 1. The van der Waals surface area contributed by atoms with Gasteiger partial charge in [0, 0.05) is 6.07 Å². The fourth-order valence-corrected chi connectivity index (χ4v) is 2.83. The van der Waals surface area contributed by atoms with Crippen LogP contribution in [0.15, 0.2) is 36.4 Å². The number of rotatable bonds is 3. The summed E-state index contributed by atoms with van der Waals surface area (Å²) in [6.45, 7) is 2.06. The predicted octanol–water partition coefficient (Wildman–Crippen LogP) is 4.01. The van der Waals surface area contributed by atoms with Gasteiger partial charge in [0.15, 0.2) is 4.77 Å². The molecular formula is C16H16N2O2S. The predicted molar refractivity (Wildman–Crippen MR) is 86.3 cm³/mol. The highest BCUT2D eigenvalue weighted by Gasteiger charge is 2.13. The molecule has 0 bridgehead atoms. The summed E-state index contributed by atoms with van der Waals surface area (Å²) in [5.41, 5.74) is 4.06. The van der Waals surface area contributed by atoms with E-state index in [9.17, 15) is 0 Å². The first-order chi connectivity index (χ1) is 10.2. The smallest absolute Gasteiger partial charge is 0.182 e. The minimum Gasteiger partial charge on any atom is -0.497 e. The highest BCUT2D eigenvalue weighted by atomic mass is 32.1. The number of aromatic amines is 1. The number of hydrogen-bond donors (Lipinski definition) is 1. The zero-order chi connectivity index (χ0) is 15.0. The quantitative estimate of drug-likeness (QED) is 0.743. The van der Waals surface area contributed by atoms with Gasteiger partial charge in [-0.15, -0.1) is 0 Å². The molecule has 0 fully saturated rings. The highest BCUT2D eigenvalue weighted by Crippen LogP contribution is 2.31. The van der Waals surface area contributed by atoms with Crippen LogP contribution in [0.4, 0.5) is 0 Å². The van der Waals surface area contributed by atoms with Crippen molar-refractivity contribution in [2.45, 2.75) is 6.92 Å². The number of methoxy groups -OCH3 is 2. The van der Waals surface area contributed by atoms with Crippen molar-refractivity contribution in [1.29, 1.82) is 0 Å². The van der Waals surface area contributed by atoms with E-state index in [-0.39, 0.29) is 0 Å². The zero-order valence-electron chi connectivity index (χ0n) is 12.1. The molecule has 0 atom stereocenters. The van der Waals surface area contributed by atoms with Crippen LogP contribution in [0.25, 0.3) is 16.7 Å². The molecule has 0 amide bonds. The van der Waals surface area contributed by atoms with Crippen LogP contribution in [0, 0.1) is 11.7 Å². The van der Waals surface area contributed by atoms with E-state index in [1.807, 2.05) is 34.9 Å². The average Bonchev–Trinajstić information content (AvgIpc) is 2.84. The fourth-order valence-electron chi connectivity index (χ4n) is 2.53. The lowest BCUT2D eigenvalue weighted by Crippen LogP contribution is -2.00. The lowest BCUT2D eigenvalue weighted by molar-refractivity contribution is 0.401. The van der Waals surface area contributed by atoms with Gasteiger partial charge in [0.05, 0.1) is 30.9 Å². The Kier molecular flexibility index (Phi) is 3.43. The van der Waals surface area contributed by atoms with Gasteiger partial charge in [-0.2, -0.15) is 0 Å².